The third kappa shape index (κ3) is 6.63. The van der Waals surface area contributed by atoms with Crippen molar-refractivity contribution < 1.29 is 9.59 Å². The molecule has 0 rings (SSSR count). The summed E-state index contributed by atoms with van der Waals surface area (Å²) in [7, 11) is 0. The van der Waals surface area contributed by atoms with E-state index in [-0.39, 0.29) is 17.6 Å². The molecule has 3 nitrogen and oxygen atoms in total. The Kier molecular flexibility index (Phi) is 6.17. The topological polar surface area (TPSA) is 46.2 Å². The summed E-state index contributed by atoms with van der Waals surface area (Å²) in [5, 5.41) is 2.79. The lowest BCUT2D eigenvalue weighted by molar-refractivity contribution is -0.126. The molecule has 0 aliphatic carbocycles. The van der Waals surface area contributed by atoms with Crippen LogP contribution in [0.1, 0.15) is 40.5 Å². The molecule has 0 aromatic carbocycles. The largest absolute Gasteiger partial charge is 0.356 e. The molecule has 0 saturated carbocycles. The van der Waals surface area contributed by atoms with Gasteiger partial charge in [0.15, 0.2) is 0 Å². The van der Waals surface area contributed by atoms with Crippen LogP contribution >= 0.6 is 0 Å². The fourth-order valence-corrected chi connectivity index (χ4v) is 0.932. The predicted octanol–water partition coefficient (Wildman–Crippen LogP) is 1.76. The molecule has 1 N–H and O–H groups in total. The van der Waals surface area contributed by atoms with Crippen LogP contribution in [-0.2, 0) is 9.59 Å². The van der Waals surface area contributed by atoms with Gasteiger partial charge in [-0.15, -0.1) is 0 Å². The lowest BCUT2D eigenvalue weighted by atomic mass is 10.0. The van der Waals surface area contributed by atoms with Gasteiger partial charge in [0, 0.05) is 25.3 Å². The van der Waals surface area contributed by atoms with Crippen molar-refractivity contribution in [2.75, 3.05) is 6.54 Å². The summed E-state index contributed by atoms with van der Waals surface area (Å²) in [5.41, 5.74) is 0. The SMILES string of the molecule is CC(C)CNC(=O)CCC(=O)C(C)C. The second-order valence-corrected chi connectivity index (χ2v) is 4.32. The molecule has 0 aromatic rings. The second-order valence-electron chi connectivity index (χ2n) is 4.32. The van der Waals surface area contributed by atoms with Gasteiger partial charge in [0.2, 0.25) is 5.91 Å². The van der Waals surface area contributed by atoms with Crippen LogP contribution in [-0.4, -0.2) is 18.2 Å². The number of ketones is 1. The van der Waals surface area contributed by atoms with Crippen LogP contribution in [0.2, 0.25) is 0 Å². The zero-order chi connectivity index (χ0) is 11.1. The number of hydrogen-bond acceptors (Lipinski definition) is 2. The van der Waals surface area contributed by atoms with E-state index in [1.54, 1.807) is 0 Å². The van der Waals surface area contributed by atoms with E-state index in [1.165, 1.54) is 0 Å². The summed E-state index contributed by atoms with van der Waals surface area (Å²) >= 11 is 0. The predicted molar refractivity (Wildman–Crippen MR) is 56.9 cm³/mol. The second kappa shape index (κ2) is 6.57. The first kappa shape index (κ1) is 13.1. The van der Waals surface area contributed by atoms with Crippen LogP contribution in [0.4, 0.5) is 0 Å². The minimum atomic E-state index is -0.0206. The Labute approximate surface area is 86.3 Å². The molecule has 3 heteroatoms. The van der Waals surface area contributed by atoms with Crippen LogP contribution in [0.25, 0.3) is 0 Å². The Hall–Kier alpha value is -0.860. The number of carbonyl (C=O) groups is 2. The third-order valence-corrected chi connectivity index (χ3v) is 1.95. The quantitative estimate of drug-likeness (QED) is 0.708. The van der Waals surface area contributed by atoms with E-state index in [2.05, 4.69) is 5.32 Å². The lowest BCUT2D eigenvalue weighted by Crippen LogP contribution is -2.27. The molecule has 0 bridgehead atoms. The fourth-order valence-electron chi connectivity index (χ4n) is 0.932. The minimum absolute atomic E-state index is 0.0206. The summed E-state index contributed by atoms with van der Waals surface area (Å²) in [4.78, 5) is 22.4. The van der Waals surface area contributed by atoms with E-state index in [4.69, 9.17) is 0 Å². The average Bonchev–Trinajstić information content (AvgIpc) is 2.10. The maximum absolute atomic E-state index is 11.2. The number of hydrogen-bond donors (Lipinski definition) is 1. The molecule has 0 radical (unpaired) electrons. The zero-order valence-electron chi connectivity index (χ0n) is 9.59. The summed E-state index contributed by atoms with van der Waals surface area (Å²) < 4.78 is 0. The molecule has 14 heavy (non-hydrogen) atoms. The summed E-state index contributed by atoms with van der Waals surface area (Å²) in [5.74, 6) is 0.630. The third-order valence-electron chi connectivity index (χ3n) is 1.95. The first-order chi connectivity index (χ1) is 6.43. The molecule has 0 atom stereocenters. The molecule has 0 spiro atoms. The first-order valence-electron chi connectivity index (χ1n) is 5.23. The van der Waals surface area contributed by atoms with Crippen molar-refractivity contribution >= 4 is 11.7 Å². The van der Waals surface area contributed by atoms with Gasteiger partial charge in [-0.1, -0.05) is 27.7 Å². The Balaban J connectivity index is 3.59. The van der Waals surface area contributed by atoms with Crippen LogP contribution in [0.3, 0.4) is 0 Å². The molecule has 82 valence electrons. The van der Waals surface area contributed by atoms with Crippen molar-refractivity contribution in [1.29, 1.82) is 0 Å². The Morgan fingerprint density at radius 2 is 1.64 bits per heavy atom. The molecule has 0 unspecified atom stereocenters. The van der Waals surface area contributed by atoms with Crippen molar-refractivity contribution in [3.8, 4) is 0 Å². The van der Waals surface area contributed by atoms with Gasteiger partial charge in [-0.2, -0.15) is 0 Å². The molecule has 0 aromatic heterocycles. The van der Waals surface area contributed by atoms with Crippen molar-refractivity contribution in [2.45, 2.75) is 40.5 Å². The Morgan fingerprint density at radius 3 is 2.07 bits per heavy atom. The van der Waals surface area contributed by atoms with Crippen molar-refractivity contribution in [3.63, 3.8) is 0 Å². The smallest absolute Gasteiger partial charge is 0.220 e. The number of Topliss-reactive ketones (excluding diaryl/α,β-unsaturated/α-hetero) is 1. The van der Waals surface area contributed by atoms with Crippen molar-refractivity contribution in [1.82, 2.24) is 5.32 Å². The highest BCUT2D eigenvalue weighted by Gasteiger charge is 2.09. The fraction of sp³-hybridized carbons (Fsp3) is 0.818. The van der Waals surface area contributed by atoms with E-state index in [1.807, 2.05) is 27.7 Å². The minimum Gasteiger partial charge on any atom is -0.356 e. The molecule has 0 fully saturated rings. The summed E-state index contributed by atoms with van der Waals surface area (Å²) in [6, 6.07) is 0. The van der Waals surface area contributed by atoms with E-state index in [0.717, 1.165) is 0 Å². The molecule has 1 amide bonds. The van der Waals surface area contributed by atoms with Crippen molar-refractivity contribution in [3.05, 3.63) is 0 Å². The van der Waals surface area contributed by atoms with Gasteiger partial charge in [-0.05, 0) is 5.92 Å². The highest BCUT2D eigenvalue weighted by atomic mass is 16.2. The summed E-state index contributed by atoms with van der Waals surface area (Å²) in [6.45, 7) is 8.48. The van der Waals surface area contributed by atoms with Gasteiger partial charge in [-0.3, -0.25) is 9.59 Å². The van der Waals surface area contributed by atoms with Crippen LogP contribution in [0.5, 0.6) is 0 Å². The normalized spacial score (nSPS) is 10.7. The van der Waals surface area contributed by atoms with Gasteiger partial charge in [-0.25, -0.2) is 0 Å². The molecule has 0 aliphatic heterocycles. The Morgan fingerprint density at radius 1 is 1.07 bits per heavy atom. The zero-order valence-corrected chi connectivity index (χ0v) is 9.59. The highest BCUT2D eigenvalue weighted by molar-refractivity contribution is 5.85. The maximum atomic E-state index is 11.2. The maximum Gasteiger partial charge on any atom is 0.220 e. The van der Waals surface area contributed by atoms with Gasteiger partial charge in [0.1, 0.15) is 5.78 Å². The lowest BCUT2D eigenvalue weighted by Gasteiger charge is -2.07. The van der Waals surface area contributed by atoms with Crippen molar-refractivity contribution in [2.24, 2.45) is 11.8 Å². The number of nitrogens with one attached hydrogen (secondary N) is 1. The first-order valence-corrected chi connectivity index (χ1v) is 5.23. The van der Waals surface area contributed by atoms with Crippen LogP contribution in [0, 0.1) is 11.8 Å². The van der Waals surface area contributed by atoms with Gasteiger partial charge >= 0.3 is 0 Å². The average molecular weight is 199 g/mol. The molecule has 0 heterocycles. The molecular weight excluding hydrogens is 178 g/mol. The monoisotopic (exact) mass is 199 g/mol. The van der Waals surface area contributed by atoms with Crippen LogP contribution < -0.4 is 5.32 Å². The molecule has 0 saturated heterocycles. The molecular formula is C11H21NO2. The van der Waals surface area contributed by atoms with Crippen LogP contribution in [0.15, 0.2) is 0 Å². The molecule has 0 aliphatic rings. The van der Waals surface area contributed by atoms with Gasteiger partial charge in [0.05, 0.1) is 0 Å². The van der Waals surface area contributed by atoms with Gasteiger partial charge in [0.25, 0.3) is 0 Å². The Bertz CT molecular complexity index is 197. The standard InChI is InChI=1S/C11H21NO2/c1-8(2)7-12-11(14)6-5-10(13)9(3)4/h8-9H,5-7H2,1-4H3,(H,12,14). The summed E-state index contributed by atoms with van der Waals surface area (Å²) in [6.07, 6.45) is 0.686. The van der Waals surface area contributed by atoms with E-state index in [0.29, 0.717) is 25.3 Å². The van der Waals surface area contributed by atoms with E-state index in [9.17, 15) is 9.59 Å². The number of rotatable bonds is 6. The van der Waals surface area contributed by atoms with E-state index >= 15 is 0 Å². The number of amides is 1. The van der Waals surface area contributed by atoms with E-state index < -0.39 is 0 Å². The number of carbonyl (C=O) groups excluding carboxylic acids is 2. The highest BCUT2D eigenvalue weighted by Crippen LogP contribution is 2.01. The van der Waals surface area contributed by atoms with Gasteiger partial charge < -0.3 is 5.32 Å².